The fraction of sp³-hybridized carbons (Fsp3) is 0.200. The van der Waals surface area contributed by atoms with Gasteiger partial charge in [-0.2, -0.15) is 0 Å². The smallest absolute Gasteiger partial charge is 0.168 e. The van der Waals surface area contributed by atoms with Crippen molar-refractivity contribution in [2.45, 2.75) is 6.42 Å². The van der Waals surface area contributed by atoms with Crippen molar-refractivity contribution < 1.29 is 13.2 Å². The summed E-state index contributed by atoms with van der Waals surface area (Å²) in [5.41, 5.74) is 4.82. The summed E-state index contributed by atoms with van der Waals surface area (Å²) in [5, 5.41) is 0. The molecule has 0 heterocycles. The second-order valence-electron chi connectivity index (χ2n) is 2.74. The van der Waals surface area contributed by atoms with Crippen LogP contribution in [-0.2, 0) is 0 Å². The number of hydrogen-bond donors (Lipinski definition) is 1. The Hall–Kier alpha value is -1.29. The molecule has 0 aliphatic carbocycles. The van der Waals surface area contributed by atoms with Crippen LogP contribution in [-0.4, -0.2) is 6.54 Å². The number of halogens is 3. The van der Waals surface area contributed by atoms with E-state index in [2.05, 4.69) is 0 Å². The zero-order chi connectivity index (χ0) is 10.6. The molecule has 1 nitrogen and oxygen atoms in total. The maximum atomic E-state index is 13.0. The summed E-state index contributed by atoms with van der Waals surface area (Å²) in [7, 11) is 0. The molecule has 0 spiro atoms. The molecule has 1 aromatic rings. The van der Waals surface area contributed by atoms with Crippen LogP contribution < -0.4 is 5.73 Å². The molecule has 0 atom stereocenters. The van der Waals surface area contributed by atoms with Gasteiger partial charge in [0.1, 0.15) is 5.82 Å². The molecule has 0 saturated heterocycles. The molecule has 0 aliphatic heterocycles. The monoisotopic (exact) mass is 201 g/mol. The van der Waals surface area contributed by atoms with Gasteiger partial charge in [-0.25, -0.2) is 13.2 Å². The lowest BCUT2D eigenvalue weighted by Crippen LogP contribution is -1.96. The van der Waals surface area contributed by atoms with Gasteiger partial charge in [-0.3, -0.25) is 0 Å². The van der Waals surface area contributed by atoms with Gasteiger partial charge in [-0.15, -0.1) is 0 Å². The van der Waals surface area contributed by atoms with Crippen molar-refractivity contribution >= 4 is 6.08 Å². The van der Waals surface area contributed by atoms with Gasteiger partial charge in [0.25, 0.3) is 0 Å². The second kappa shape index (κ2) is 4.81. The van der Waals surface area contributed by atoms with Crippen molar-refractivity contribution in [3.63, 3.8) is 0 Å². The molecule has 14 heavy (non-hydrogen) atoms. The first-order valence-electron chi connectivity index (χ1n) is 4.17. The fourth-order valence-electron chi connectivity index (χ4n) is 0.993. The third-order valence-corrected chi connectivity index (χ3v) is 1.70. The zero-order valence-corrected chi connectivity index (χ0v) is 7.43. The molecule has 0 amide bonds. The Bertz CT molecular complexity index is 347. The summed E-state index contributed by atoms with van der Waals surface area (Å²) in [4.78, 5) is 0. The van der Waals surface area contributed by atoms with Crippen LogP contribution in [0, 0.1) is 17.5 Å². The van der Waals surface area contributed by atoms with Crippen LogP contribution >= 0.6 is 0 Å². The quantitative estimate of drug-likeness (QED) is 0.747. The van der Waals surface area contributed by atoms with E-state index in [-0.39, 0.29) is 5.56 Å². The lowest BCUT2D eigenvalue weighted by molar-refractivity contribution is 0.492. The van der Waals surface area contributed by atoms with Crippen LogP contribution in [0.3, 0.4) is 0 Å². The van der Waals surface area contributed by atoms with E-state index in [1.54, 1.807) is 0 Å². The Morgan fingerprint density at radius 3 is 2.43 bits per heavy atom. The van der Waals surface area contributed by atoms with Crippen molar-refractivity contribution in [3.05, 3.63) is 41.2 Å². The van der Waals surface area contributed by atoms with Crippen molar-refractivity contribution in [3.8, 4) is 0 Å². The number of benzene rings is 1. The summed E-state index contributed by atoms with van der Waals surface area (Å²) in [6, 6.07) is 1.64. The van der Waals surface area contributed by atoms with Gasteiger partial charge in [0.15, 0.2) is 11.6 Å². The van der Waals surface area contributed by atoms with E-state index in [1.807, 2.05) is 0 Å². The molecule has 0 aliphatic rings. The molecular formula is C10H10F3N. The lowest BCUT2D eigenvalue weighted by Gasteiger charge is -1.99. The van der Waals surface area contributed by atoms with Crippen LogP contribution in [0.25, 0.3) is 6.08 Å². The lowest BCUT2D eigenvalue weighted by atomic mass is 10.1. The average Bonchev–Trinajstić information content (AvgIpc) is 2.18. The van der Waals surface area contributed by atoms with Gasteiger partial charge in [0.2, 0.25) is 0 Å². The predicted octanol–water partition coefficient (Wildman–Crippen LogP) is 2.47. The van der Waals surface area contributed by atoms with Crippen molar-refractivity contribution in [2.24, 2.45) is 5.73 Å². The summed E-state index contributed by atoms with van der Waals surface area (Å²) in [6.45, 7) is 0.384. The Kier molecular flexibility index (Phi) is 3.71. The van der Waals surface area contributed by atoms with Crippen LogP contribution in [0.4, 0.5) is 13.2 Å². The molecule has 1 aromatic carbocycles. The first-order valence-corrected chi connectivity index (χ1v) is 4.17. The van der Waals surface area contributed by atoms with Crippen molar-refractivity contribution in [2.75, 3.05) is 6.54 Å². The first kappa shape index (κ1) is 10.8. The summed E-state index contributed by atoms with van der Waals surface area (Å²) < 4.78 is 38.6. The van der Waals surface area contributed by atoms with Crippen LogP contribution in [0.5, 0.6) is 0 Å². The number of nitrogens with two attached hydrogens (primary N) is 1. The number of hydrogen-bond acceptors (Lipinski definition) is 1. The Morgan fingerprint density at radius 1 is 1.14 bits per heavy atom. The minimum absolute atomic E-state index is 0.363. The van der Waals surface area contributed by atoms with E-state index in [0.29, 0.717) is 13.0 Å². The van der Waals surface area contributed by atoms with Gasteiger partial charge in [-0.1, -0.05) is 12.2 Å². The van der Waals surface area contributed by atoms with Crippen LogP contribution in [0.2, 0.25) is 0 Å². The maximum Gasteiger partial charge on any atom is 0.168 e. The zero-order valence-electron chi connectivity index (χ0n) is 7.43. The van der Waals surface area contributed by atoms with Crippen LogP contribution in [0.15, 0.2) is 18.2 Å². The van der Waals surface area contributed by atoms with E-state index < -0.39 is 17.5 Å². The molecule has 0 aromatic heterocycles. The van der Waals surface area contributed by atoms with E-state index in [4.69, 9.17) is 5.73 Å². The van der Waals surface area contributed by atoms with Gasteiger partial charge < -0.3 is 5.73 Å². The molecular weight excluding hydrogens is 191 g/mol. The molecule has 76 valence electrons. The Morgan fingerprint density at radius 2 is 1.79 bits per heavy atom. The van der Waals surface area contributed by atoms with E-state index >= 15 is 0 Å². The third-order valence-electron chi connectivity index (χ3n) is 1.70. The topological polar surface area (TPSA) is 26.0 Å². The van der Waals surface area contributed by atoms with Crippen molar-refractivity contribution in [1.82, 2.24) is 0 Å². The van der Waals surface area contributed by atoms with Gasteiger partial charge in [0.05, 0.1) is 0 Å². The van der Waals surface area contributed by atoms with Crippen molar-refractivity contribution in [1.29, 1.82) is 0 Å². The van der Waals surface area contributed by atoms with E-state index in [0.717, 1.165) is 12.1 Å². The maximum absolute atomic E-state index is 13.0. The second-order valence-corrected chi connectivity index (χ2v) is 2.74. The summed E-state index contributed by atoms with van der Waals surface area (Å²) in [5.74, 6) is -3.01. The third kappa shape index (κ3) is 2.35. The highest BCUT2D eigenvalue weighted by Gasteiger charge is 2.10. The van der Waals surface area contributed by atoms with E-state index in [9.17, 15) is 13.2 Å². The highest BCUT2D eigenvalue weighted by atomic mass is 19.2. The molecule has 0 unspecified atom stereocenters. The SMILES string of the molecule is NCCC=Cc1c(F)ccc(F)c1F. The van der Waals surface area contributed by atoms with E-state index in [1.165, 1.54) is 12.2 Å². The number of rotatable bonds is 3. The van der Waals surface area contributed by atoms with Gasteiger partial charge >= 0.3 is 0 Å². The molecule has 4 heteroatoms. The average molecular weight is 201 g/mol. The highest BCUT2D eigenvalue weighted by Crippen LogP contribution is 2.17. The molecule has 0 saturated carbocycles. The molecule has 0 fully saturated rings. The minimum atomic E-state index is -1.17. The molecule has 1 rings (SSSR count). The predicted molar refractivity (Wildman–Crippen MR) is 49.0 cm³/mol. The summed E-state index contributed by atoms with van der Waals surface area (Å²) >= 11 is 0. The summed E-state index contributed by atoms with van der Waals surface area (Å²) in [6.07, 6.45) is 3.19. The van der Waals surface area contributed by atoms with Crippen LogP contribution in [0.1, 0.15) is 12.0 Å². The Balaban J connectivity index is 3.00. The Labute approximate surface area is 80.0 Å². The largest absolute Gasteiger partial charge is 0.330 e. The highest BCUT2D eigenvalue weighted by molar-refractivity contribution is 5.50. The standard InChI is InChI=1S/C10H10F3N/c11-8-4-5-9(12)10(13)7(8)3-1-2-6-14/h1,3-5H,2,6,14H2. The molecule has 2 N–H and O–H groups in total. The molecule has 0 radical (unpaired) electrons. The fourth-order valence-corrected chi connectivity index (χ4v) is 0.993. The minimum Gasteiger partial charge on any atom is -0.330 e. The van der Waals surface area contributed by atoms with Gasteiger partial charge in [0, 0.05) is 5.56 Å². The normalized spacial score (nSPS) is 11.1. The first-order chi connectivity index (χ1) is 6.66. The van der Waals surface area contributed by atoms with Gasteiger partial charge in [-0.05, 0) is 25.1 Å². The molecule has 0 bridgehead atoms.